The van der Waals surface area contributed by atoms with Gasteiger partial charge in [-0.3, -0.25) is 9.10 Å². The van der Waals surface area contributed by atoms with Crippen molar-refractivity contribution < 1.29 is 17.9 Å². The van der Waals surface area contributed by atoms with E-state index in [0.717, 1.165) is 12.7 Å². The van der Waals surface area contributed by atoms with E-state index in [0.29, 0.717) is 34.5 Å². The molecule has 2 rings (SSSR count). The van der Waals surface area contributed by atoms with Crippen molar-refractivity contribution in [2.24, 2.45) is 5.92 Å². The number of halogens is 1. The summed E-state index contributed by atoms with van der Waals surface area (Å²) in [6.07, 6.45) is 2.06. The molecular weight excluding hydrogens is 412 g/mol. The Morgan fingerprint density at radius 2 is 1.79 bits per heavy atom. The van der Waals surface area contributed by atoms with Gasteiger partial charge in [-0.05, 0) is 48.2 Å². The molecule has 0 radical (unpaired) electrons. The Bertz CT molecular complexity index is 915. The van der Waals surface area contributed by atoms with Gasteiger partial charge in [0.2, 0.25) is 10.0 Å². The van der Waals surface area contributed by atoms with Crippen LogP contribution in [0.2, 0.25) is 5.02 Å². The van der Waals surface area contributed by atoms with Gasteiger partial charge in [-0.1, -0.05) is 43.6 Å². The fourth-order valence-electron chi connectivity index (χ4n) is 2.59. The zero-order valence-corrected chi connectivity index (χ0v) is 18.5. The first-order chi connectivity index (χ1) is 13.7. The maximum Gasteiger partial charge on any atom is 0.257 e. The van der Waals surface area contributed by atoms with Gasteiger partial charge < -0.3 is 10.1 Å². The van der Waals surface area contributed by atoms with Crippen molar-refractivity contribution in [2.45, 2.75) is 26.8 Å². The molecule has 0 aliphatic rings. The summed E-state index contributed by atoms with van der Waals surface area (Å²) in [5, 5.41) is 3.31. The molecule has 6 nitrogen and oxygen atoms in total. The molecule has 158 valence electrons. The van der Waals surface area contributed by atoms with Gasteiger partial charge in [0.25, 0.3) is 5.91 Å². The largest absolute Gasteiger partial charge is 0.484 e. The van der Waals surface area contributed by atoms with Crippen LogP contribution in [0.5, 0.6) is 5.75 Å². The summed E-state index contributed by atoms with van der Waals surface area (Å²) in [5.41, 5.74) is 1.19. The Morgan fingerprint density at radius 3 is 2.38 bits per heavy atom. The van der Waals surface area contributed by atoms with E-state index in [1.807, 2.05) is 6.07 Å². The molecule has 2 aromatic carbocycles. The molecule has 0 aliphatic heterocycles. The molecule has 1 N–H and O–H groups in total. The van der Waals surface area contributed by atoms with Gasteiger partial charge in [0.15, 0.2) is 6.61 Å². The predicted octanol–water partition coefficient (Wildman–Crippen LogP) is 3.85. The van der Waals surface area contributed by atoms with Crippen LogP contribution in [0.4, 0.5) is 5.69 Å². The molecule has 2 aromatic rings. The number of benzene rings is 2. The van der Waals surface area contributed by atoms with E-state index in [-0.39, 0.29) is 19.1 Å². The van der Waals surface area contributed by atoms with Crippen molar-refractivity contribution in [3.8, 4) is 5.75 Å². The van der Waals surface area contributed by atoms with Crippen molar-refractivity contribution in [3.63, 3.8) is 0 Å². The Kier molecular flexibility index (Phi) is 8.34. The molecule has 0 saturated heterocycles. The summed E-state index contributed by atoms with van der Waals surface area (Å²) in [6.45, 7) is 4.83. The molecule has 0 saturated carbocycles. The van der Waals surface area contributed by atoms with Crippen LogP contribution >= 0.6 is 11.6 Å². The molecule has 0 aromatic heterocycles. The smallest absolute Gasteiger partial charge is 0.257 e. The van der Waals surface area contributed by atoms with Crippen LogP contribution in [0.25, 0.3) is 0 Å². The first-order valence-corrected chi connectivity index (χ1v) is 11.6. The van der Waals surface area contributed by atoms with Gasteiger partial charge in [0.05, 0.1) is 18.5 Å². The second-order valence-electron chi connectivity index (χ2n) is 7.18. The van der Waals surface area contributed by atoms with Crippen LogP contribution in [-0.2, 0) is 21.4 Å². The lowest BCUT2D eigenvalue weighted by Crippen LogP contribution is -2.30. The van der Waals surface area contributed by atoms with E-state index in [9.17, 15) is 13.2 Å². The lowest BCUT2D eigenvalue weighted by atomic mass is 10.1. The highest BCUT2D eigenvalue weighted by Gasteiger charge is 2.19. The lowest BCUT2D eigenvalue weighted by Gasteiger charge is -2.23. The van der Waals surface area contributed by atoms with E-state index in [1.54, 1.807) is 42.5 Å². The standard InChI is InChI=1S/C21H27ClN2O4S/c1-16(2)12-13-23-21(25)15-28-19-10-8-18(9-11-19)24(29(3,26)27)14-17-6-4-5-7-20(17)22/h4-11,16H,12-15H2,1-3H3,(H,23,25). The Balaban J connectivity index is 2.02. The molecule has 0 bridgehead atoms. The van der Waals surface area contributed by atoms with E-state index >= 15 is 0 Å². The minimum atomic E-state index is -3.52. The van der Waals surface area contributed by atoms with Gasteiger partial charge in [0.1, 0.15) is 5.75 Å². The van der Waals surface area contributed by atoms with E-state index in [4.69, 9.17) is 16.3 Å². The van der Waals surface area contributed by atoms with Gasteiger partial charge in [-0.2, -0.15) is 0 Å². The molecular formula is C21H27ClN2O4S. The number of nitrogens with one attached hydrogen (secondary N) is 1. The highest BCUT2D eigenvalue weighted by Crippen LogP contribution is 2.26. The number of anilines is 1. The topological polar surface area (TPSA) is 75.7 Å². The van der Waals surface area contributed by atoms with Crippen LogP contribution in [0, 0.1) is 5.92 Å². The maximum absolute atomic E-state index is 12.3. The molecule has 0 aliphatic carbocycles. The van der Waals surface area contributed by atoms with Crippen molar-refractivity contribution in [3.05, 3.63) is 59.1 Å². The Hall–Kier alpha value is -2.25. The van der Waals surface area contributed by atoms with Gasteiger partial charge in [-0.15, -0.1) is 0 Å². The number of nitrogens with zero attached hydrogens (tertiary/aromatic N) is 1. The number of hydrogen-bond acceptors (Lipinski definition) is 4. The third-order valence-corrected chi connectivity index (χ3v) is 5.72. The van der Waals surface area contributed by atoms with Crippen LogP contribution in [0.3, 0.4) is 0 Å². The van der Waals surface area contributed by atoms with Gasteiger partial charge in [0, 0.05) is 11.6 Å². The molecule has 0 heterocycles. The number of ether oxygens (including phenoxy) is 1. The van der Waals surface area contributed by atoms with Gasteiger partial charge in [-0.25, -0.2) is 8.42 Å². The van der Waals surface area contributed by atoms with Crippen LogP contribution < -0.4 is 14.4 Å². The number of carbonyl (C=O) groups is 1. The molecule has 1 amide bonds. The average molecular weight is 439 g/mol. The molecule has 8 heteroatoms. The van der Waals surface area contributed by atoms with E-state index < -0.39 is 10.0 Å². The zero-order chi connectivity index (χ0) is 21.4. The summed E-state index contributed by atoms with van der Waals surface area (Å²) in [4.78, 5) is 11.8. The number of amides is 1. The predicted molar refractivity (Wildman–Crippen MR) is 117 cm³/mol. The summed E-state index contributed by atoms with van der Waals surface area (Å²) < 4.78 is 31.3. The molecule has 0 atom stereocenters. The highest BCUT2D eigenvalue weighted by molar-refractivity contribution is 7.92. The summed E-state index contributed by atoms with van der Waals surface area (Å²) in [5.74, 6) is 0.817. The molecule has 29 heavy (non-hydrogen) atoms. The fraction of sp³-hybridized carbons (Fsp3) is 0.381. The van der Waals surface area contributed by atoms with Crippen LogP contribution in [-0.4, -0.2) is 33.7 Å². The van der Waals surface area contributed by atoms with Crippen molar-refractivity contribution in [1.82, 2.24) is 5.32 Å². The van der Waals surface area contributed by atoms with Crippen LogP contribution in [0.1, 0.15) is 25.8 Å². The molecule has 0 unspecified atom stereocenters. The third-order valence-electron chi connectivity index (χ3n) is 4.21. The highest BCUT2D eigenvalue weighted by atomic mass is 35.5. The second kappa shape index (κ2) is 10.5. The third kappa shape index (κ3) is 7.59. The molecule has 0 spiro atoms. The second-order valence-corrected chi connectivity index (χ2v) is 9.49. The summed E-state index contributed by atoms with van der Waals surface area (Å²) >= 11 is 6.18. The first kappa shape index (κ1) is 23.0. The minimum absolute atomic E-state index is 0.0904. The van der Waals surface area contributed by atoms with E-state index in [1.165, 1.54) is 4.31 Å². The Morgan fingerprint density at radius 1 is 1.14 bits per heavy atom. The average Bonchev–Trinajstić information content (AvgIpc) is 2.65. The monoisotopic (exact) mass is 438 g/mol. The van der Waals surface area contributed by atoms with Crippen molar-refractivity contribution >= 4 is 33.2 Å². The first-order valence-electron chi connectivity index (χ1n) is 9.37. The number of hydrogen-bond donors (Lipinski definition) is 1. The van der Waals surface area contributed by atoms with Crippen LogP contribution in [0.15, 0.2) is 48.5 Å². The lowest BCUT2D eigenvalue weighted by molar-refractivity contribution is -0.123. The fourth-order valence-corrected chi connectivity index (χ4v) is 3.66. The van der Waals surface area contributed by atoms with Gasteiger partial charge >= 0.3 is 0 Å². The zero-order valence-electron chi connectivity index (χ0n) is 16.9. The quantitative estimate of drug-likeness (QED) is 0.611. The van der Waals surface area contributed by atoms with E-state index in [2.05, 4.69) is 19.2 Å². The normalized spacial score (nSPS) is 11.3. The SMILES string of the molecule is CC(C)CCNC(=O)COc1ccc(N(Cc2ccccc2Cl)S(C)(=O)=O)cc1. The number of carbonyl (C=O) groups excluding carboxylic acids is 1. The summed E-state index contributed by atoms with van der Waals surface area (Å²) in [6, 6.07) is 13.7. The maximum atomic E-state index is 12.3. The minimum Gasteiger partial charge on any atom is -0.484 e. The van der Waals surface area contributed by atoms with Crippen molar-refractivity contribution in [1.29, 1.82) is 0 Å². The van der Waals surface area contributed by atoms with Crippen molar-refractivity contribution in [2.75, 3.05) is 23.7 Å². The Labute approximate surface area is 177 Å². The molecule has 0 fully saturated rings. The number of sulfonamides is 1. The number of rotatable bonds is 10. The summed E-state index contributed by atoms with van der Waals surface area (Å²) in [7, 11) is -3.52.